The fourth-order valence-electron chi connectivity index (χ4n) is 2.63. The van der Waals surface area contributed by atoms with E-state index in [1.807, 2.05) is 18.2 Å². The molecule has 0 aliphatic rings. The molecule has 0 radical (unpaired) electrons. The third kappa shape index (κ3) is 7.62. The van der Waals surface area contributed by atoms with Gasteiger partial charge < -0.3 is 0 Å². The van der Waals surface area contributed by atoms with Gasteiger partial charge in [-0.15, -0.1) is 0 Å². The standard InChI is InChI=1S/C20H20N2.C3H2F6O3S/c1-16-8-12-19(13-9-16)22(20-14-10-17(2)11-15-20)21-18-6-4-3-5-7-18;4-1(2(5,6)7)3(8,9)13(10,11)12/h3-15,21H,1-2H3;1H,(H,10,11,12). The van der Waals surface area contributed by atoms with Gasteiger partial charge in [0.05, 0.1) is 17.1 Å². The molecule has 0 spiro atoms. The van der Waals surface area contributed by atoms with E-state index in [9.17, 15) is 34.8 Å². The van der Waals surface area contributed by atoms with Crippen LogP contribution in [0.3, 0.4) is 0 Å². The Bertz CT molecular complexity index is 1140. The van der Waals surface area contributed by atoms with Crippen LogP contribution in [0, 0.1) is 13.8 Å². The molecule has 0 aliphatic carbocycles. The second-order valence-electron chi connectivity index (χ2n) is 7.43. The van der Waals surface area contributed by atoms with Crippen LogP contribution in [0.4, 0.5) is 43.4 Å². The lowest BCUT2D eigenvalue weighted by molar-refractivity contribution is -0.223. The summed E-state index contributed by atoms with van der Waals surface area (Å²) in [6, 6.07) is 27.2. The molecular formula is C23H22F6N2O3S. The van der Waals surface area contributed by atoms with Crippen molar-refractivity contribution in [3.8, 4) is 0 Å². The first kappa shape index (κ1) is 28.0. The van der Waals surface area contributed by atoms with E-state index in [1.54, 1.807) is 0 Å². The SMILES string of the molecule is Cc1ccc(N(Nc2ccccc2)c2ccc(C)cc2)cc1.O=S(=O)(O)C(F)(F)C(F)C(F)(F)F. The van der Waals surface area contributed by atoms with Crippen LogP contribution in [0.1, 0.15) is 11.1 Å². The molecule has 1 atom stereocenters. The lowest BCUT2D eigenvalue weighted by atomic mass is 10.2. The van der Waals surface area contributed by atoms with Crippen LogP contribution < -0.4 is 10.4 Å². The molecule has 3 aromatic rings. The summed E-state index contributed by atoms with van der Waals surface area (Å²) in [4.78, 5) is 0. The molecule has 12 heteroatoms. The largest absolute Gasteiger partial charge is 0.426 e. The molecule has 0 bridgehead atoms. The highest BCUT2D eigenvalue weighted by Crippen LogP contribution is 2.37. The van der Waals surface area contributed by atoms with Gasteiger partial charge in [-0.2, -0.15) is 30.4 Å². The van der Waals surface area contributed by atoms with Gasteiger partial charge in [-0.25, -0.2) is 4.39 Å². The van der Waals surface area contributed by atoms with Crippen molar-refractivity contribution in [1.29, 1.82) is 0 Å². The number of aryl methyl sites for hydroxylation is 2. The lowest BCUT2D eigenvalue weighted by Gasteiger charge is -2.27. The van der Waals surface area contributed by atoms with E-state index in [1.165, 1.54) is 11.1 Å². The quantitative estimate of drug-likeness (QED) is 0.212. The first-order valence-corrected chi connectivity index (χ1v) is 11.4. The van der Waals surface area contributed by atoms with Gasteiger partial charge in [0.15, 0.2) is 0 Å². The zero-order chi connectivity index (χ0) is 26.4. The zero-order valence-corrected chi connectivity index (χ0v) is 19.3. The number of rotatable bonds is 6. The van der Waals surface area contributed by atoms with Crippen LogP contribution in [-0.2, 0) is 10.1 Å². The van der Waals surface area contributed by atoms with Gasteiger partial charge in [-0.05, 0) is 50.2 Å². The summed E-state index contributed by atoms with van der Waals surface area (Å²) in [7, 11) is -6.41. The minimum Gasteiger partial charge on any atom is -0.294 e. The number of benzene rings is 3. The Morgan fingerprint density at radius 3 is 1.49 bits per heavy atom. The number of para-hydroxylation sites is 1. The smallest absolute Gasteiger partial charge is 0.294 e. The van der Waals surface area contributed by atoms with Crippen LogP contribution in [0.25, 0.3) is 0 Å². The van der Waals surface area contributed by atoms with E-state index in [-0.39, 0.29) is 0 Å². The normalized spacial score (nSPS) is 12.8. The third-order valence-electron chi connectivity index (χ3n) is 4.53. The van der Waals surface area contributed by atoms with Crippen molar-refractivity contribution in [1.82, 2.24) is 0 Å². The Morgan fingerprint density at radius 2 is 1.17 bits per heavy atom. The maximum Gasteiger partial charge on any atom is 0.426 e. The summed E-state index contributed by atoms with van der Waals surface area (Å²) in [6.07, 6.45) is -11.0. The Balaban J connectivity index is 0.000000287. The maximum atomic E-state index is 11.9. The highest BCUT2D eigenvalue weighted by Gasteiger charge is 2.64. The second kappa shape index (κ2) is 11.0. The van der Waals surface area contributed by atoms with Crippen LogP contribution in [-0.4, -0.2) is 30.6 Å². The van der Waals surface area contributed by atoms with Crippen LogP contribution in [0.5, 0.6) is 0 Å². The molecule has 0 amide bonds. The van der Waals surface area contributed by atoms with Gasteiger partial charge in [-0.3, -0.25) is 15.0 Å². The first-order valence-electron chi connectivity index (χ1n) is 9.93. The van der Waals surface area contributed by atoms with Crippen molar-refractivity contribution in [3.63, 3.8) is 0 Å². The molecule has 35 heavy (non-hydrogen) atoms. The summed E-state index contributed by atoms with van der Waals surface area (Å²) in [6.45, 7) is 4.20. The minimum absolute atomic E-state index is 1.06. The van der Waals surface area contributed by atoms with Crippen molar-refractivity contribution < 1.29 is 39.3 Å². The molecule has 0 fully saturated rings. The molecule has 3 aromatic carbocycles. The molecule has 0 aromatic heterocycles. The predicted octanol–water partition coefficient (Wildman–Crippen LogP) is 6.84. The van der Waals surface area contributed by atoms with Gasteiger partial charge in [0.25, 0.3) is 6.17 Å². The van der Waals surface area contributed by atoms with E-state index in [2.05, 4.69) is 84.9 Å². The monoisotopic (exact) mass is 520 g/mol. The Labute approximate surface area is 198 Å². The van der Waals surface area contributed by atoms with Gasteiger partial charge in [-0.1, -0.05) is 53.6 Å². The number of nitrogens with one attached hydrogen (secondary N) is 1. The minimum atomic E-state index is -6.41. The average Bonchev–Trinajstić information content (AvgIpc) is 2.78. The van der Waals surface area contributed by atoms with Gasteiger partial charge >= 0.3 is 21.5 Å². The molecule has 5 nitrogen and oxygen atoms in total. The third-order valence-corrected chi connectivity index (χ3v) is 5.42. The van der Waals surface area contributed by atoms with Gasteiger partial charge in [0, 0.05) is 0 Å². The van der Waals surface area contributed by atoms with Crippen LogP contribution >= 0.6 is 0 Å². The lowest BCUT2D eigenvalue weighted by Crippen LogP contribution is -2.46. The van der Waals surface area contributed by atoms with Gasteiger partial charge in [0.2, 0.25) is 0 Å². The number of hydrazine groups is 1. The zero-order valence-electron chi connectivity index (χ0n) is 18.5. The van der Waals surface area contributed by atoms with Crippen molar-refractivity contribution in [3.05, 3.63) is 90.0 Å². The number of nitrogens with zero attached hydrogens (tertiary/aromatic N) is 1. The van der Waals surface area contributed by atoms with Crippen molar-refractivity contribution in [2.24, 2.45) is 0 Å². The summed E-state index contributed by atoms with van der Waals surface area (Å²) in [5.41, 5.74) is 9.28. The second-order valence-corrected chi connectivity index (χ2v) is 8.92. The van der Waals surface area contributed by atoms with E-state index in [0.29, 0.717) is 0 Å². The van der Waals surface area contributed by atoms with E-state index in [0.717, 1.165) is 17.1 Å². The maximum absolute atomic E-state index is 11.9. The highest BCUT2D eigenvalue weighted by atomic mass is 32.2. The van der Waals surface area contributed by atoms with Crippen molar-refractivity contribution >= 4 is 27.2 Å². The molecule has 0 saturated carbocycles. The Kier molecular flexibility index (Phi) is 8.79. The first-order chi connectivity index (χ1) is 16.1. The fraction of sp³-hybridized carbons (Fsp3) is 0.217. The molecule has 190 valence electrons. The summed E-state index contributed by atoms with van der Waals surface area (Å²) >= 11 is 0. The summed E-state index contributed by atoms with van der Waals surface area (Å²) in [5.74, 6) is 0. The van der Waals surface area contributed by atoms with E-state index >= 15 is 0 Å². The Morgan fingerprint density at radius 1 is 0.771 bits per heavy atom. The van der Waals surface area contributed by atoms with E-state index in [4.69, 9.17) is 4.55 Å². The highest BCUT2D eigenvalue weighted by molar-refractivity contribution is 7.86. The van der Waals surface area contributed by atoms with Gasteiger partial charge in [0.1, 0.15) is 0 Å². The number of halogens is 6. The molecule has 0 heterocycles. The van der Waals surface area contributed by atoms with E-state index < -0.39 is 27.7 Å². The Hall–Kier alpha value is -3.25. The molecule has 0 saturated heterocycles. The molecule has 3 rings (SSSR count). The average molecular weight is 520 g/mol. The summed E-state index contributed by atoms with van der Waals surface area (Å²) < 4.78 is 96.1. The topological polar surface area (TPSA) is 69.6 Å². The van der Waals surface area contributed by atoms with Crippen LogP contribution in [0.15, 0.2) is 78.9 Å². The molecule has 1 unspecified atom stereocenters. The predicted molar refractivity (Wildman–Crippen MR) is 122 cm³/mol. The van der Waals surface area contributed by atoms with Crippen molar-refractivity contribution in [2.75, 3.05) is 10.4 Å². The number of alkyl halides is 6. The van der Waals surface area contributed by atoms with Crippen LogP contribution in [0.2, 0.25) is 0 Å². The number of anilines is 3. The number of hydrogen-bond donors (Lipinski definition) is 2. The summed E-state index contributed by atoms with van der Waals surface area (Å²) in [5, 5.41) is -3.78. The number of hydrogen-bond acceptors (Lipinski definition) is 4. The molecule has 0 aliphatic heterocycles. The fourth-order valence-corrected chi connectivity index (χ4v) is 3.02. The molecule has 2 N–H and O–H groups in total. The van der Waals surface area contributed by atoms with Crippen molar-refractivity contribution in [2.45, 2.75) is 31.5 Å². The molecular weight excluding hydrogens is 498 g/mol.